The van der Waals surface area contributed by atoms with E-state index in [0.29, 0.717) is 52.1 Å². The first-order chi connectivity index (χ1) is 22.0. The van der Waals surface area contributed by atoms with Crippen molar-refractivity contribution in [1.29, 1.82) is 0 Å². The third-order valence-electron chi connectivity index (χ3n) is 9.91. The molecule has 0 spiro atoms. The van der Waals surface area contributed by atoms with Gasteiger partial charge in [0, 0.05) is 0 Å². The summed E-state index contributed by atoms with van der Waals surface area (Å²) >= 11 is 0. The number of hydrogen-bond donors (Lipinski definition) is 0. The van der Waals surface area contributed by atoms with Crippen molar-refractivity contribution in [1.82, 2.24) is 0 Å². The first-order valence-corrected chi connectivity index (χ1v) is 17.2. The Morgan fingerprint density at radius 2 is 0.733 bits per heavy atom. The van der Waals surface area contributed by atoms with E-state index in [-0.39, 0.29) is 73.7 Å². The summed E-state index contributed by atoms with van der Waals surface area (Å²) in [5.41, 5.74) is 0. The number of unbranched alkanes of at least 4 members (excludes halogenated alkanes) is 8. The highest BCUT2D eigenvalue weighted by Gasteiger charge is 2.55. The van der Waals surface area contributed by atoms with Gasteiger partial charge in [-0.1, -0.05) is 44.9 Å². The predicted octanol–water partition coefficient (Wildman–Crippen LogP) is 3.05. The standard InChI is InChI=1S/C33H48O12/c34-30(22-12-26-28(44-26)14-24(22)32(36)42-18-20-16-40-20)38-10-8-6-4-2-1-3-5-7-9-11-39-31(35)23-13-27-29(45-27)15-25(23)33(37)43-19-21-17-41-21/h20-29H,1-19H2. The molecule has 45 heavy (non-hydrogen) atoms. The van der Waals surface area contributed by atoms with Crippen LogP contribution in [-0.2, 0) is 57.1 Å². The number of hydrogen-bond acceptors (Lipinski definition) is 12. The zero-order chi connectivity index (χ0) is 31.2. The van der Waals surface area contributed by atoms with Crippen LogP contribution in [0.3, 0.4) is 0 Å². The summed E-state index contributed by atoms with van der Waals surface area (Å²) in [6, 6.07) is 0. The number of carbonyl (C=O) groups is 4. The molecule has 0 aromatic carbocycles. The molecule has 4 saturated heterocycles. The molecule has 2 aliphatic carbocycles. The summed E-state index contributed by atoms with van der Waals surface area (Å²) in [6.07, 6.45) is 11.5. The first kappa shape index (κ1) is 32.7. The molecular weight excluding hydrogens is 588 g/mol. The fraction of sp³-hybridized carbons (Fsp3) is 0.879. The Kier molecular flexibility index (Phi) is 11.3. The monoisotopic (exact) mass is 636 g/mol. The van der Waals surface area contributed by atoms with E-state index in [1.165, 1.54) is 0 Å². The molecule has 0 N–H and O–H groups in total. The van der Waals surface area contributed by atoms with E-state index in [1.807, 2.05) is 0 Å². The van der Waals surface area contributed by atoms with Crippen LogP contribution in [0.25, 0.3) is 0 Å². The zero-order valence-electron chi connectivity index (χ0n) is 26.1. The molecule has 2 saturated carbocycles. The van der Waals surface area contributed by atoms with Gasteiger partial charge in [-0.25, -0.2) is 0 Å². The van der Waals surface area contributed by atoms with Gasteiger partial charge in [0.1, 0.15) is 25.4 Å². The van der Waals surface area contributed by atoms with Crippen molar-refractivity contribution >= 4 is 23.9 Å². The van der Waals surface area contributed by atoms with Gasteiger partial charge in [0.15, 0.2) is 0 Å². The van der Waals surface area contributed by atoms with Gasteiger partial charge in [-0.05, 0) is 38.5 Å². The number of ether oxygens (including phenoxy) is 8. The highest BCUT2D eigenvalue weighted by atomic mass is 16.6. The predicted molar refractivity (Wildman–Crippen MR) is 155 cm³/mol. The zero-order valence-corrected chi connectivity index (χ0v) is 26.1. The van der Waals surface area contributed by atoms with Crippen LogP contribution in [0, 0.1) is 23.7 Å². The highest BCUT2D eigenvalue weighted by Crippen LogP contribution is 2.45. The molecule has 6 aliphatic rings. The minimum Gasteiger partial charge on any atom is -0.465 e. The Labute approximate surface area is 264 Å². The maximum Gasteiger partial charge on any atom is 0.310 e. The van der Waals surface area contributed by atoms with Gasteiger partial charge in [0.25, 0.3) is 0 Å². The Bertz CT molecular complexity index is 961. The molecule has 0 radical (unpaired) electrons. The number of epoxide rings is 4. The normalized spacial score (nSPS) is 35.3. The molecule has 0 aromatic heterocycles. The van der Waals surface area contributed by atoms with Gasteiger partial charge >= 0.3 is 23.9 Å². The third-order valence-corrected chi connectivity index (χ3v) is 9.91. The Morgan fingerprint density at radius 3 is 1.04 bits per heavy atom. The lowest BCUT2D eigenvalue weighted by atomic mass is 9.79. The summed E-state index contributed by atoms with van der Waals surface area (Å²) in [4.78, 5) is 50.7. The van der Waals surface area contributed by atoms with Crippen LogP contribution < -0.4 is 0 Å². The molecule has 0 amide bonds. The average Bonchev–Trinajstić information content (AvgIpc) is 3.86. The van der Waals surface area contributed by atoms with Crippen molar-refractivity contribution in [3.05, 3.63) is 0 Å². The van der Waals surface area contributed by atoms with E-state index in [9.17, 15) is 19.2 Å². The molecule has 4 aliphatic heterocycles. The molecule has 10 unspecified atom stereocenters. The van der Waals surface area contributed by atoms with Gasteiger partial charge in [0.2, 0.25) is 0 Å². The molecule has 6 fully saturated rings. The van der Waals surface area contributed by atoms with Crippen molar-refractivity contribution in [2.45, 2.75) is 120 Å². The number of rotatable bonds is 20. The van der Waals surface area contributed by atoms with Crippen LogP contribution in [0.4, 0.5) is 0 Å². The number of fused-ring (bicyclic) bond motifs is 2. The average molecular weight is 637 g/mol. The highest BCUT2D eigenvalue weighted by molar-refractivity contribution is 5.83. The number of esters is 4. The van der Waals surface area contributed by atoms with E-state index >= 15 is 0 Å². The second-order valence-electron chi connectivity index (χ2n) is 13.5. The van der Waals surface area contributed by atoms with Crippen molar-refractivity contribution < 1.29 is 57.1 Å². The lowest BCUT2D eigenvalue weighted by molar-refractivity contribution is -0.162. The third kappa shape index (κ3) is 9.86. The molecule has 0 bridgehead atoms. The lowest BCUT2D eigenvalue weighted by Gasteiger charge is -2.26. The van der Waals surface area contributed by atoms with Gasteiger partial charge in [-0.15, -0.1) is 0 Å². The SMILES string of the molecule is O=C(OCCCCCCCCCCCOC(=O)C1CC2OC2CC1C(=O)OCC1CO1)C1CC2OC2CC1C(=O)OCC1CO1. The van der Waals surface area contributed by atoms with Gasteiger partial charge in [-0.3, -0.25) is 19.2 Å². The van der Waals surface area contributed by atoms with Crippen molar-refractivity contribution in [3.8, 4) is 0 Å². The van der Waals surface area contributed by atoms with Crippen molar-refractivity contribution in [2.75, 3.05) is 39.6 Å². The molecule has 0 aromatic rings. The fourth-order valence-corrected chi connectivity index (χ4v) is 6.78. The molecule has 12 nitrogen and oxygen atoms in total. The molecule has 252 valence electrons. The van der Waals surface area contributed by atoms with Crippen molar-refractivity contribution in [3.63, 3.8) is 0 Å². The van der Waals surface area contributed by atoms with Gasteiger partial charge < -0.3 is 37.9 Å². The Hall–Kier alpha value is -2.28. The summed E-state index contributed by atoms with van der Waals surface area (Å²) in [7, 11) is 0. The van der Waals surface area contributed by atoms with Crippen LogP contribution in [0.15, 0.2) is 0 Å². The van der Waals surface area contributed by atoms with E-state index in [0.717, 1.165) is 57.8 Å². The quantitative estimate of drug-likeness (QED) is 0.0835. The van der Waals surface area contributed by atoms with Crippen LogP contribution in [0.1, 0.15) is 83.5 Å². The van der Waals surface area contributed by atoms with Gasteiger partial charge in [-0.2, -0.15) is 0 Å². The maximum atomic E-state index is 12.8. The minimum atomic E-state index is -0.500. The van der Waals surface area contributed by atoms with E-state index < -0.39 is 23.7 Å². The molecule has 12 heteroatoms. The Balaban J connectivity index is 0.752. The Morgan fingerprint density at radius 1 is 0.444 bits per heavy atom. The summed E-state index contributed by atoms with van der Waals surface area (Å²) in [6.45, 7) is 2.47. The molecule has 6 rings (SSSR count). The van der Waals surface area contributed by atoms with Crippen LogP contribution >= 0.6 is 0 Å². The van der Waals surface area contributed by atoms with Crippen LogP contribution in [0.5, 0.6) is 0 Å². The summed E-state index contributed by atoms with van der Waals surface area (Å²) in [5, 5.41) is 0. The largest absolute Gasteiger partial charge is 0.465 e. The van der Waals surface area contributed by atoms with Crippen molar-refractivity contribution in [2.24, 2.45) is 23.7 Å². The van der Waals surface area contributed by atoms with Crippen LogP contribution in [-0.4, -0.2) is 100 Å². The first-order valence-electron chi connectivity index (χ1n) is 17.2. The molecule has 4 heterocycles. The van der Waals surface area contributed by atoms with Gasteiger partial charge in [0.05, 0.1) is 74.5 Å². The maximum absolute atomic E-state index is 12.8. The topological polar surface area (TPSA) is 155 Å². The second-order valence-corrected chi connectivity index (χ2v) is 13.5. The summed E-state index contributed by atoms with van der Waals surface area (Å²) in [5.74, 6) is -3.31. The molecule has 10 atom stereocenters. The summed E-state index contributed by atoms with van der Waals surface area (Å²) < 4.78 is 43.2. The lowest BCUT2D eigenvalue weighted by Crippen LogP contribution is -2.38. The van der Waals surface area contributed by atoms with E-state index in [1.54, 1.807) is 0 Å². The van der Waals surface area contributed by atoms with E-state index in [4.69, 9.17) is 37.9 Å². The number of carbonyl (C=O) groups excluding carboxylic acids is 4. The fourth-order valence-electron chi connectivity index (χ4n) is 6.78. The smallest absolute Gasteiger partial charge is 0.310 e. The van der Waals surface area contributed by atoms with Crippen LogP contribution in [0.2, 0.25) is 0 Å². The van der Waals surface area contributed by atoms with E-state index in [2.05, 4.69) is 0 Å². The molecular formula is C33H48O12. The second kappa shape index (κ2) is 15.5. The minimum absolute atomic E-state index is 0.000318.